The molecule has 1 aliphatic heterocycles. The van der Waals surface area contributed by atoms with E-state index in [1.54, 1.807) is 42.5 Å². The van der Waals surface area contributed by atoms with Crippen molar-refractivity contribution >= 4 is 21.1 Å². The summed E-state index contributed by atoms with van der Waals surface area (Å²) in [6.07, 6.45) is 2.83. The Morgan fingerprint density at radius 3 is 2.54 bits per heavy atom. The molecule has 2 aromatic carbocycles. The zero-order valence-corrected chi connectivity index (χ0v) is 16.0. The third kappa shape index (κ3) is 3.56. The van der Waals surface area contributed by atoms with Gasteiger partial charge in [-0.25, -0.2) is 8.42 Å². The van der Waals surface area contributed by atoms with Crippen LogP contribution in [-0.4, -0.2) is 41.0 Å². The van der Waals surface area contributed by atoms with Crippen LogP contribution in [0, 0.1) is 11.3 Å². The molecule has 0 spiro atoms. The van der Waals surface area contributed by atoms with Gasteiger partial charge in [-0.2, -0.15) is 9.57 Å². The quantitative estimate of drug-likeness (QED) is 0.653. The molecule has 0 amide bonds. The van der Waals surface area contributed by atoms with Crippen molar-refractivity contribution in [2.45, 2.75) is 30.8 Å². The SMILES string of the molecule is N#Cc1ccc(COn2nnc3ccc(S(=O)(=O)N4CCCCC4)cc32)cc1. The lowest BCUT2D eigenvalue weighted by molar-refractivity contribution is 0.0751. The summed E-state index contributed by atoms with van der Waals surface area (Å²) in [5.74, 6) is 0. The maximum absolute atomic E-state index is 12.9. The van der Waals surface area contributed by atoms with Crippen molar-refractivity contribution in [2.75, 3.05) is 13.1 Å². The molecule has 3 aromatic rings. The van der Waals surface area contributed by atoms with E-state index in [0.29, 0.717) is 29.7 Å². The van der Waals surface area contributed by atoms with Gasteiger partial charge in [0.15, 0.2) is 0 Å². The molecule has 1 aliphatic rings. The number of nitriles is 1. The van der Waals surface area contributed by atoms with E-state index >= 15 is 0 Å². The van der Waals surface area contributed by atoms with Crippen molar-refractivity contribution in [1.82, 2.24) is 19.5 Å². The van der Waals surface area contributed by atoms with Crippen LogP contribution in [0.15, 0.2) is 47.4 Å². The van der Waals surface area contributed by atoms with Gasteiger partial charge in [0.1, 0.15) is 17.6 Å². The fraction of sp³-hybridized carbons (Fsp3) is 0.316. The third-order valence-electron chi connectivity index (χ3n) is 4.78. The van der Waals surface area contributed by atoms with Gasteiger partial charge in [0.25, 0.3) is 0 Å². The number of benzene rings is 2. The summed E-state index contributed by atoms with van der Waals surface area (Å²) in [5.41, 5.74) is 2.48. The van der Waals surface area contributed by atoms with Gasteiger partial charge < -0.3 is 4.84 Å². The molecule has 0 N–H and O–H groups in total. The van der Waals surface area contributed by atoms with E-state index in [-0.39, 0.29) is 11.5 Å². The Bertz CT molecular complexity index is 1130. The maximum atomic E-state index is 12.9. The van der Waals surface area contributed by atoms with Gasteiger partial charge in [0.05, 0.1) is 16.5 Å². The van der Waals surface area contributed by atoms with Crippen LogP contribution < -0.4 is 4.84 Å². The van der Waals surface area contributed by atoms with Gasteiger partial charge in [-0.05, 0) is 54.0 Å². The predicted octanol–water partition coefficient (Wildman–Crippen LogP) is 2.11. The summed E-state index contributed by atoms with van der Waals surface area (Å²) >= 11 is 0. The molecule has 4 rings (SSSR count). The first-order valence-corrected chi connectivity index (χ1v) is 10.5. The first-order valence-electron chi connectivity index (χ1n) is 9.06. The van der Waals surface area contributed by atoms with E-state index in [0.717, 1.165) is 24.8 Å². The van der Waals surface area contributed by atoms with E-state index in [4.69, 9.17) is 10.1 Å². The molecule has 1 saturated heterocycles. The molecule has 2 heterocycles. The molecule has 144 valence electrons. The normalized spacial score (nSPS) is 15.4. The second-order valence-electron chi connectivity index (χ2n) is 6.66. The largest absolute Gasteiger partial charge is 0.390 e. The average molecular weight is 397 g/mol. The topological polar surface area (TPSA) is 101 Å². The van der Waals surface area contributed by atoms with E-state index in [2.05, 4.69) is 16.4 Å². The number of sulfonamides is 1. The highest BCUT2D eigenvalue weighted by molar-refractivity contribution is 7.89. The second kappa shape index (κ2) is 7.58. The van der Waals surface area contributed by atoms with Crippen LogP contribution in [0.25, 0.3) is 11.0 Å². The minimum atomic E-state index is -3.54. The summed E-state index contributed by atoms with van der Waals surface area (Å²) in [6, 6.07) is 13.8. The molecule has 9 heteroatoms. The van der Waals surface area contributed by atoms with E-state index in [1.165, 1.54) is 9.15 Å². The Balaban J connectivity index is 1.58. The second-order valence-corrected chi connectivity index (χ2v) is 8.60. The highest BCUT2D eigenvalue weighted by Gasteiger charge is 2.26. The van der Waals surface area contributed by atoms with Crippen LogP contribution >= 0.6 is 0 Å². The number of nitrogens with zero attached hydrogens (tertiary/aromatic N) is 5. The van der Waals surface area contributed by atoms with Crippen LogP contribution in [0.3, 0.4) is 0 Å². The lowest BCUT2D eigenvalue weighted by Gasteiger charge is -2.25. The molecule has 0 unspecified atom stereocenters. The number of hydrogen-bond acceptors (Lipinski definition) is 6. The molecule has 0 saturated carbocycles. The van der Waals surface area contributed by atoms with Gasteiger partial charge in [-0.1, -0.05) is 23.4 Å². The van der Waals surface area contributed by atoms with E-state index in [9.17, 15) is 8.42 Å². The Kier molecular flexibility index (Phi) is 4.98. The third-order valence-corrected chi connectivity index (χ3v) is 6.67. The number of fused-ring (bicyclic) bond motifs is 1. The molecular formula is C19H19N5O3S. The van der Waals surface area contributed by atoms with Crippen LogP contribution in [0.1, 0.15) is 30.4 Å². The molecule has 0 aliphatic carbocycles. The summed E-state index contributed by atoms with van der Waals surface area (Å²) in [6.45, 7) is 1.31. The van der Waals surface area contributed by atoms with Gasteiger partial charge in [0.2, 0.25) is 10.0 Å². The zero-order valence-electron chi connectivity index (χ0n) is 15.2. The summed E-state index contributed by atoms with van der Waals surface area (Å²) in [4.78, 5) is 7.14. The molecule has 0 radical (unpaired) electrons. The van der Waals surface area contributed by atoms with Crippen molar-refractivity contribution in [3.05, 3.63) is 53.6 Å². The molecular weight excluding hydrogens is 378 g/mol. The van der Waals surface area contributed by atoms with Gasteiger partial charge in [-0.15, -0.1) is 5.10 Å². The maximum Gasteiger partial charge on any atom is 0.243 e. The molecule has 8 nitrogen and oxygen atoms in total. The van der Waals surface area contributed by atoms with Crippen molar-refractivity contribution in [3.8, 4) is 6.07 Å². The molecule has 0 bridgehead atoms. The van der Waals surface area contributed by atoms with Crippen LogP contribution in [0.4, 0.5) is 0 Å². The van der Waals surface area contributed by atoms with Crippen molar-refractivity contribution in [3.63, 3.8) is 0 Å². The Morgan fingerprint density at radius 1 is 1.07 bits per heavy atom. The highest BCUT2D eigenvalue weighted by Crippen LogP contribution is 2.23. The Labute approximate surface area is 162 Å². The lowest BCUT2D eigenvalue weighted by atomic mass is 10.2. The van der Waals surface area contributed by atoms with Gasteiger partial charge >= 0.3 is 0 Å². The fourth-order valence-corrected chi connectivity index (χ4v) is 4.74. The smallest absolute Gasteiger partial charge is 0.243 e. The summed E-state index contributed by atoms with van der Waals surface area (Å²) in [7, 11) is -3.54. The number of piperidine rings is 1. The van der Waals surface area contributed by atoms with Gasteiger partial charge in [-0.3, -0.25) is 0 Å². The lowest BCUT2D eigenvalue weighted by Crippen LogP contribution is -2.35. The first-order chi connectivity index (χ1) is 13.6. The number of hydrogen-bond donors (Lipinski definition) is 0. The van der Waals surface area contributed by atoms with Crippen LogP contribution in [0.2, 0.25) is 0 Å². The summed E-state index contributed by atoms with van der Waals surface area (Å²) in [5, 5.41) is 16.9. The molecule has 0 atom stereocenters. The van der Waals surface area contributed by atoms with E-state index < -0.39 is 10.0 Å². The molecule has 28 heavy (non-hydrogen) atoms. The van der Waals surface area contributed by atoms with Crippen molar-refractivity contribution in [1.29, 1.82) is 5.26 Å². The monoisotopic (exact) mass is 397 g/mol. The predicted molar refractivity (Wildman–Crippen MR) is 102 cm³/mol. The molecule has 1 aromatic heterocycles. The number of aromatic nitrogens is 3. The zero-order chi connectivity index (χ0) is 19.6. The Hall–Kier alpha value is -2.96. The Morgan fingerprint density at radius 2 is 1.82 bits per heavy atom. The molecule has 1 fully saturated rings. The summed E-state index contributed by atoms with van der Waals surface area (Å²) < 4.78 is 27.4. The van der Waals surface area contributed by atoms with Crippen molar-refractivity contribution in [2.24, 2.45) is 0 Å². The van der Waals surface area contributed by atoms with E-state index in [1.807, 2.05) is 0 Å². The first kappa shape index (κ1) is 18.4. The standard InChI is InChI=1S/C19H19N5O3S/c20-13-15-4-6-16(7-5-15)14-27-24-19-12-17(8-9-18(19)21-22-24)28(25,26)23-10-2-1-3-11-23/h4-9,12H,1-3,10-11,14H2. The van der Waals surface area contributed by atoms with Gasteiger partial charge in [0, 0.05) is 13.1 Å². The van der Waals surface area contributed by atoms with Crippen molar-refractivity contribution < 1.29 is 13.3 Å². The average Bonchev–Trinajstić information content (AvgIpc) is 3.15. The minimum Gasteiger partial charge on any atom is -0.390 e. The minimum absolute atomic E-state index is 0.215. The fourth-order valence-electron chi connectivity index (χ4n) is 3.20. The van der Waals surface area contributed by atoms with Crippen LogP contribution in [0.5, 0.6) is 0 Å². The number of rotatable bonds is 5. The van der Waals surface area contributed by atoms with Crippen LogP contribution in [-0.2, 0) is 16.6 Å². The highest BCUT2D eigenvalue weighted by atomic mass is 32.2.